The summed E-state index contributed by atoms with van der Waals surface area (Å²) >= 11 is 0. The monoisotopic (exact) mass is 207 g/mol. The van der Waals surface area contributed by atoms with Gasteiger partial charge in [-0.25, -0.2) is 9.97 Å². The third kappa shape index (κ3) is 2.45. The summed E-state index contributed by atoms with van der Waals surface area (Å²) in [5.74, 6) is 0.650. The lowest BCUT2D eigenvalue weighted by Crippen LogP contribution is -2.31. The summed E-state index contributed by atoms with van der Waals surface area (Å²) in [4.78, 5) is 8.20. The van der Waals surface area contributed by atoms with E-state index in [4.69, 9.17) is 0 Å². The fraction of sp³-hybridized carbons (Fsp3) is 0.636. The summed E-state index contributed by atoms with van der Waals surface area (Å²) in [5.41, 5.74) is 0.0548. The van der Waals surface area contributed by atoms with E-state index in [1.807, 2.05) is 0 Å². The van der Waals surface area contributed by atoms with Crippen molar-refractivity contribution in [1.29, 1.82) is 0 Å². The highest BCUT2D eigenvalue weighted by molar-refractivity contribution is 5.22. The molecule has 0 spiro atoms. The van der Waals surface area contributed by atoms with Crippen molar-refractivity contribution >= 4 is 5.95 Å². The van der Waals surface area contributed by atoms with Crippen molar-refractivity contribution < 1.29 is 5.11 Å². The van der Waals surface area contributed by atoms with E-state index in [1.54, 1.807) is 18.5 Å². The molecule has 0 saturated heterocycles. The predicted molar refractivity (Wildman–Crippen MR) is 58.5 cm³/mol. The Labute approximate surface area is 89.8 Å². The van der Waals surface area contributed by atoms with Gasteiger partial charge in [-0.3, -0.25) is 0 Å². The van der Waals surface area contributed by atoms with Gasteiger partial charge in [0.05, 0.1) is 6.61 Å². The van der Waals surface area contributed by atoms with Crippen LogP contribution in [0.3, 0.4) is 0 Å². The molecule has 2 rings (SSSR count). The van der Waals surface area contributed by atoms with Gasteiger partial charge in [0.2, 0.25) is 5.95 Å². The molecule has 1 aromatic rings. The van der Waals surface area contributed by atoms with Crippen LogP contribution >= 0.6 is 0 Å². The van der Waals surface area contributed by atoms with Gasteiger partial charge in [-0.05, 0) is 18.9 Å². The van der Waals surface area contributed by atoms with Crippen molar-refractivity contribution in [2.45, 2.75) is 25.7 Å². The first kappa shape index (κ1) is 10.4. The zero-order valence-corrected chi connectivity index (χ0v) is 8.82. The molecule has 1 aliphatic rings. The number of rotatable bonds is 4. The van der Waals surface area contributed by atoms with E-state index in [9.17, 15) is 5.11 Å². The molecule has 0 atom stereocenters. The normalized spacial score (nSPS) is 19.0. The summed E-state index contributed by atoms with van der Waals surface area (Å²) in [5, 5.41) is 12.6. The Balaban J connectivity index is 1.92. The zero-order valence-electron chi connectivity index (χ0n) is 8.82. The maximum atomic E-state index is 9.41. The second-order valence-corrected chi connectivity index (χ2v) is 4.29. The van der Waals surface area contributed by atoms with Crippen LogP contribution in [-0.2, 0) is 0 Å². The number of nitrogens with one attached hydrogen (secondary N) is 1. The van der Waals surface area contributed by atoms with Gasteiger partial charge in [-0.2, -0.15) is 0 Å². The average Bonchev–Trinajstić information content (AvgIpc) is 2.77. The molecular weight excluding hydrogens is 190 g/mol. The van der Waals surface area contributed by atoms with Crippen LogP contribution in [0.2, 0.25) is 0 Å². The lowest BCUT2D eigenvalue weighted by molar-refractivity contribution is 0.142. The Kier molecular flexibility index (Phi) is 3.16. The molecule has 1 aromatic heterocycles. The van der Waals surface area contributed by atoms with E-state index < -0.39 is 0 Å². The van der Waals surface area contributed by atoms with Gasteiger partial charge < -0.3 is 10.4 Å². The molecule has 1 fully saturated rings. The van der Waals surface area contributed by atoms with E-state index >= 15 is 0 Å². The number of anilines is 1. The molecule has 1 heterocycles. The molecule has 0 bridgehead atoms. The smallest absolute Gasteiger partial charge is 0.222 e. The molecule has 1 aliphatic carbocycles. The van der Waals surface area contributed by atoms with Crippen molar-refractivity contribution in [3.63, 3.8) is 0 Å². The van der Waals surface area contributed by atoms with Crippen molar-refractivity contribution in [1.82, 2.24) is 9.97 Å². The van der Waals surface area contributed by atoms with Gasteiger partial charge in [-0.15, -0.1) is 0 Å². The minimum Gasteiger partial charge on any atom is -0.396 e. The quantitative estimate of drug-likeness (QED) is 0.784. The van der Waals surface area contributed by atoms with Gasteiger partial charge >= 0.3 is 0 Å². The number of aliphatic hydroxyl groups excluding tert-OH is 1. The van der Waals surface area contributed by atoms with Gasteiger partial charge in [0.15, 0.2) is 0 Å². The van der Waals surface area contributed by atoms with E-state index in [1.165, 1.54) is 12.8 Å². The van der Waals surface area contributed by atoms with E-state index in [0.717, 1.165) is 19.4 Å². The van der Waals surface area contributed by atoms with Gasteiger partial charge in [0.1, 0.15) is 0 Å². The molecule has 15 heavy (non-hydrogen) atoms. The Hall–Kier alpha value is -1.16. The lowest BCUT2D eigenvalue weighted by Gasteiger charge is -2.26. The number of aliphatic hydroxyl groups is 1. The molecule has 0 aromatic carbocycles. The van der Waals surface area contributed by atoms with E-state index in [2.05, 4.69) is 15.3 Å². The number of aromatic nitrogens is 2. The first-order valence-corrected chi connectivity index (χ1v) is 5.46. The Morgan fingerprint density at radius 2 is 1.93 bits per heavy atom. The fourth-order valence-electron chi connectivity index (χ4n) is 2.17. The van der Waals surface area contributed by atoms with E-state index in [-0.39, 0.29) is 12.0 Å². The maximum Gasteiger partial charge on any atom is 0.222 e. The van der Waals surface area contributed by atoms with Crippen molar-refractivity contribution in [2.24, 2.45) is 5.41 Å². The Bertz CT molecular complexity index is 296. The Morgan fingerprint density at radius 1 is 1.27 bits per heavy atom. The fourth-order valence-corrected chi connectivity index (χ4v) is 2.17. The van der Waals surface area contributed by atoms with Crippen LogP contribution in [0.5, 0.6) is 0 Å². The highest BCUT2D eigenvalue weighted by Crippen LogP contribution is 2.37. The molecule has 0 radical (unpaired) electrons. The SMILES string of the molecule is OCC1(CNc2ncccn2)CCCC1. The number of hydrogen-bond donors (Lipinski definition) is 2. The summed E-state index contributed by atoms with van der Waals surface area (Å²) in [7, 11) is 0. The summed E-state index contributed by atoms with van der Waals surface area (Å²) in [6, 6.07) is 1.79. The Morgan fingerprint density at radius 3 is 2.53 bits per heavy atom. The van der Waals surface area contributed by atoms with Crippen LogP contribution in [0.1, 0.15) is 25.7 Å². The van der Waals surface area contributed by atoms with Crippen molar-refractivity contribution in [3.05, 3.63) is 18.5 Å². The molecule has 82 valence electrons. The van der Waals surface area contributed by atoms with E-state index in [0.29, 0.717) is 5.95 Å². The summed E-state index contributed by atoms with van der Waals surface area (Å²) in [6.07, 6.45) is 8.08. The predicted octanol–water partition coefficient (Wildman–Crippen LogP) is 1.44. The number of hydrogen-bond acceptors (Lipinski definition) is 4. The highest BCUT2D eigenvalue weighted by atomic mass is 16.3. The lowest BCUT2D eigenvalue weighted by atomic mass is 9.87. The van der Waals surface area contributed by atoms with Crippen molar-refractivity contribution in [2.75, 3.05) is 18.5 Å². The average molecular weight is 207 g/mol. The molecule has 0 unspecified atom stereocenters. The van der Waals surface area contributed by atoms with Crippen LogP contribution in [0.15, 0.2) is 18.5 Å². The second-order valence-electron chi connectivity index (χ2n) is 4.29. The van der Waals surface area contributed by atoms with Crippen LogP contribution in [0.25, 0.3) is 0 Å². The molecule has 4 heteroatoms. The first-order chi connectivity index (χ1) is 7.35. The van der Waals surface area contributed by atoms with Gasteiger partial charge in [-0.1, -0.05) is 12.8 Å². The second kappa shape index (κ2) is 4.57. The highest BCUT2D eigenvalue weighted by Gasteiger charge is 2.32. The standard InChI is InChI=1S/C11H17N3O/c15-9-11(4-1-2-5-11)8-14-10-12-6-3-7-13-10/h3,6-7,15H,1-2,4-5,8-9H2,(H,12,13,14). The largest absolute Gasteiger partial charge is 0.396 e. The zero-order chi connectivity index (χ0) is 10.6. The molecule has 2 N–H and O–H groups in total. The van der Waals surface area contributed by atoms with Crippen LogP contribution < -0.4 is 5.32 Å². The molecule has 1 saturated carbocycles. The molecule has 0 aliphatic heterocycles. The summed E-state index contributed by atoms with van der Waals surface area (Å²) in [6.45, 7) is 1.03. The molecular formula is C11H17N3O. The minimum absolute atomic E-state index is 0.0548. The topological polar surface area (TPSA) is 58.0 Å². The summed E-state index contributed by atoms with van der Waals surface area (Å²) < 4.78 is 0. The van der Waals surface area contributed by atoms with Gasteiger partial charge in [0, 0.05) is 24.4 Å². The molecule has 0 amide bonds. The third-order valence-corrected chi connectivity index (χ3v) is 3.19. The van der Waals surface area contributed by atoms with Crippen LogP contribution in [-0.4, -0.2) is 28.2 Å². The minimum atomic E-state index is 0.0548. The first-order valence-electron chi connectivity index (χ1n) is 5.46. The third-order valence-electron chi connectivity index (χ3n) is 3.19. The van der Waals surface area contributed by atoms with Crippen molar-refractivity contribution in [3.8, 4) is 0 Å². The maximum absolute atomic E-state index is 9.41. The number of nitrogens with zero attached hydrogens (tertiary/aromatic N) is 2. The van der Waals surface area contributed by atoms with Crippen LogP contribution in [0.4, 0.5) is 5.95 Å². The van der Waals surface area contributed by atoms with Gasteiger partial charge in [0.25, 0.3) is 0 Å². The van der Waals surface area contributed by atoms with Crippen LogP contribution in [0, 0.1) is 5.41 Å². The molecule has 4 nitrogen and oxygen atoms in total.